The molecule has 2 N–H and O–H groups in total. The van der Waals surface area contributed by atoms with E-state index in [1.54, 1.807) is 6.08 Å². The number of thioether (sulfide) groups is 1. The highest BCUT2D eigenvalue weighted by atomic mass is 32.2. The van der Waals surface area contributed by atoms with Crippen LogP contribution in [-0.2, 0) is 17.6 Å². The molecule has 1 atom stereocenters. The van der Waals surface area contributed by atoms with E-state index < -0.39 is 0 Å². The number of hydrogen-bond donors (Lipinski definition) is 2. The standard InChI is InChI=1S/C26H25N3O3S/c1-16-7-9-21-19(13-16)20-15-18(8-10-22(20)28-21)24(30)27-11-12-29-25(31)23(33-26(29)32)14-17-5-3-2-4-6-17/h2-6,8,10,14-16,28H,7,9,11-13H2,1H3,(H,27,30)/b23-14-/t16-/m1/s1. The first-order chi connectivity index (χ1) is 16.0. The van der Waals surface area contributed by atoms with Crippen molar-refractivity contribution in [3.8, 4) is 0 Å². The second kappa shape index (κ2) is 8.90. The van der Waals surface area contributed by atoms with Gasteiger partial charge in [0, 0.05) is 35.2 Å². The number of hydrogen-bond acceptors (Lipinski definition) is 4. The molecular formula is C26H25N3O3S. The Morgan fingerprint density at radius 2 is 2.03 bits per heavy atom. The minimum atomic E-state index is -0.322. The number of nitrogens with one attached hydrogen (secondary N) is 2. The summed E-state index contributed by atoms with van der Waals surface area (Å²) in [5, 5.41) is 3.65. The van der Waals surface area contributed by atoms with Gasteiger partial charge in [0.15, 0.2) is 0 Å². The number of amides is 3. The number of aromatic nitrogens is 1. The summed E-state index contributed by atoms with van der Waals surface area (Å²) < 4.78 is 0. The average Bonchev–Trinajstić information content (AvgIpc) is 3.30. The zero-order chi connectivity index (χ0) is 22.9. The van der Waals surface area contributed by atoms with Crippen LogP contribution in [0.25, 0.3) is 17.0 Å². The van der Waals surface area contributed by atoms with Gasteiger partial charge in [0.05, 0.1) is 4.91 Å². The van der Waals surface area contributed by atoms with Crippen LogP contribution < -0.4 is 5.32 Å². The van der Waals surface area contributed by atoms with Crippen molar-refractivity contribution in [1.29, 1.82) is 0 Å². The summed E-state index contributed by atoms with van der Waals surface area (Å²) >= 11 is 0.930. The summed E-state index contributed by atoms with van der Waals surface area (Å²) in [7, 11) is 0. The Morgan fingerprint density at radius 1 is 1.21 bits per heavy atom. The monoisotopic (exact) mass is 459 g/mol. The number of carbonyl (C=O) groups is 3. The molecular weight excluding hydrogens is 434 g/mol. The fourth-order valence-electron chi connectivity index (χ4n) is 4.51. The Hall–Kier alpha value is -3.32. The van der Waals surface area contributed by atoms with Crippen molar-refractivity contribution >= 4 is 45.8 Å². The Morgan fingerprint density at radius 3 is 2.85 bits per heavy atom. The van der Waals surface area contributed by atoms with Crippen LogP contribution in [0, 0.1) is 5.92 Å². The molecule has 1 aliphatic carbocycles. The van der Waals surface area contributed by atoms with Gasteiger partial charge in [-0.2, -0.15) is 0 Å². The molecule has 2 heterocycles. The highest BCUT2D eigenvalue weighted by molar-refractivity contribution is 8.18. The van der Waals surface area contributed by atoms with Crippen molar-refractivity contribution in [3.63, 3.8) is 0 Å². The number of aryl methyl sites for hydroxylation is 1. The molecule has 1 aromatic heterocycles. The molecule has 7 heteroatoms. The van der Waals surface area contributed by atoms with Crippen LogP contribution in [0.2, 0.25) is 0 Å². The number of imide groups is 1. The third kappa shape index (κ3) is 4.33. The summed E-state index contributed by atoms with van der Waals surface area (Å²) in [6, 6.07) is 15.1. The second-order valence-corrected chi connectivity index (χ2v) is 9.68. The zero-order valence-electron chi connectivity index (χ0n) is 18.4. The second-order valence-electron chi connectivity index (χ2n) is 8.69. The molecule has 2 aromatic carbocycles. The van der Waals surface area contributed by atoms with Crippen molar-refractivity contribution in [3.05, 3.63) is 75.8 Å². The van der Waals surface area contributed by atoms with Gasteiger partial charge in [-0.1, -0.05) is 37.3 Å². The molecule has 1 saturated heterocycles. The topological polar surface area (TPSA) is 82.3 Å². The molecule has 0 saturated carbocycles. The largest absolute Gasteiger partial charge is 0.358 e. The van der Waals surface area contributed by atoms with Gasteiger partial charge in [-0.25, -0.2) is 0 Å². The molecule has 0 spiro atoms. The first-order valence-corrected chi connectivity index (χ1v) is 12.0. The summed E-state index contributed by atoms with van der Waals surface area (Å²) in [4.78, 5) is 42.8. The van der Waals surface area contributed by atoms with Gasteiger partial charge >= 0.3 is 0 Å². The van der Waals surface area contributed by atoms with Crippen LogP contribution in [0.4, 0.5) is 4.79 Å². The number of carbonyl (C=O) groups excluding carboxylic acids is 3. The number of benzene rings is 2. The van der Waals surface area contributed by atoms with Crippen LogP contribution in [0.15, 0.2) is 53.4 Å². The summed E-state index contributed by atoms with van der Waals surface area (Å²) in [5.74, 6) is 0.114. The van der Waals surface area contributed by atoms with E-state index in [1.807, 2.05) is 48.5 Å². The average molecular weight is 460 g/mol. The Labute approximate surface area is 196 Å². The predicted octanol–water partition coefficient (Wildman–Crippen LogP) is 4.76. The van der Waals surface area contributed by atoms with Crippen LogP contribution in [0.1, 0.15) is 40.5 Å². The zero-order valence-corrected chi connectivity index (χ0v) is 19.2. The van der Waals surface area contributed by atoms with E-state index in [0.29, 0.717) is 16.4 Å². The molecule has 33 heavy (non-hydrogen) atoms. The molecule has 3 aromatic rings. The molecule has 0 bridgehead atoms. The van der Waals surface area contributed by atoms with Crippen molar-refractivity contribution in [2.24, 2.45) is 5.92 Å². The molecule has 1 aliphatic heterocycles. The molecule has 0 unspecified atom stereocenters. The van der Waals surface area contributed by atoms with E-state index in [0.717, 1.165) is 41.1 Å². The lowest BCUT2D eigenvalue weighted by Crippen LogP contribution is -2.37. The molecule has 3 amide bonds. The summed E-state index contributed by atoms with van der Waals surface area (Å²) in [6.07, 6.45) is 4.97. The van der Waals surface area contributed by atoms with E-state index in [-0.39, 0.29) is 30.1 Å². The van der Waals surface area contributed by atoms with Crippen LogP contribution in [-0.4, -0.2) is 40.0 Å². The van der Waals surface area contributed by atoms with E-state index in [9.17, 15) is 14.4 Å². The number of nitrogens with zero attached hydrogens (tertiary/aromatic N) is 1. The van der Waals surface area contributed by atoms with E-state index in [4.69, 9.17) is 0 Å². The molecule has 1 fully saturated rings. The van der Waals surface area contributed by atoms with Crippen LogP contribution in [0.3, 0.4) is 0 Å². The fourth-order valence-corrected chi connectivity index (χ4v) is 5.37. The van der Waals surface area contributed by atoms with Crippen molar-refractivity contribution in [1.82, 2.24) is 15.2 Å². The van der Waals surface area contributed by atoms with Crippen LogP contribution >= 0.6 is 11.8 Å². The quantitative estimate of drug-likeness (QED) is 0.539. The van der Waals surface area contributed by atoms with Gasteiger partial charge in [-0.15, -0.1) is 0 Å². The maximum atomic E-state index is 12.8. The van der Waals surface area contributed by atoms with Gasteiger partial charge < -0.3 is 10.3 Å². The normalized spacial score (nSPS) is 19.4. The maximum absolute atomic E-state index is 12.8. The molecule has 0 radical (unpaired) electrons. The Bertz CT molecular complexity index is 1280. The first kappa shape index (κ1) is 21.5. The van der Waals surface area contributed by atoms with E-state index in [1.165, 1.54) is 22.6 Å². The molecule has 2 aliphatic rings. The molecule has 168 valence electrons. The minimum absolute atomic E-state index is 0.141. The van der Waals surface area contributed by atoms with Gasteiger partial charge in [-0.05, 0) is 72.3 Å². The van der Waals surface area contributed by atoms with Crippen molar-refractivity contribution < 1.29 is 14.4 Å². The summed E-state index contributed by atoms with van der Waals surface area (Å²) in [6.45, 7) is 2.61. The van der Waals surface area contributed by atoms with E-state index >= 15 is 0 Å². The van der Waals surface area contributed by atoms with Crippen molar-refractivity contribution in [2.45, 2.75) is 26.2 Å². The highest BCUT2D eigenvalue weighted by Gasteiger charge is 2.34. The lowest BCUT2D eigenvalue weighted by molar-refractivity contribution is -0.122. The third-order valence-corrected chi connectivity index (χ3v) is 7.20. The minimum Gasteiger partial charge on any atom is -0.358 e. The molecule has 6 nitrogen and oxygen atoms in total. The van der Waals surface area contributed by atoms with Gasteiger partial charge in [0.1, 0.15) is 0 Å². The van der Waals surface area contributed by atoms with Gasteiger partial charge in [-0.3, -0.25) is 19.3 Å². The SMILES string of the molecule is C[C@@H]1CCc2[nH]c3ccc(C(=O)NCCN4C(=O)S/C(=C\c5ccccc5)C4=O)cc3c2C1. The lowest BCUT2D eigenvalue weighted by atomic mass is 9.87. The third-order valence-electron chi connectivity index (χ3n) is 6.29. The number of H-pyrrole nitrogens is 1. The number of aromatic amines is 1. The van der Waals surface area contributed by atoms with Gasteiger partial charge in [0.25, 0.3) is 17.1 Å². The summed E-state index contributed by atoms with van der Waals surface area (Å²) in [5.41, 5.74) is 5.12. The molecule has 5 rings (SSSR count). The fraction of sp³-hybridized carbons (Fsp3) is 0.269. The highest BCUT2D eigenvalue weighted by Crippen LogP contribution is 2.33. The smallest absolute Gasteiger partial charge is 0.293 e. The lowest BCUT2D eigenvalue weighted by Gasteiger charge is -2.18. The van der Waals surface area contributed by atoms with Crippen molar-refractivity contribution in [2.75, 3.05) is 13.1 Å². The Balaban J connectivity index is 1.23. The maximum Gasteiger partial charge on any atom is 0.293 e. The van der Waals surface area contributed by atoms with Gasteiger partial charge in [0.2, 0.25) is 0 Å². The Kier molecular flexibility index (Phi) is 5.81. The number of fused-ring (bicyclic) bond motifs is 3. The number of rotatable bonds is 5. The predicted molar refractivity (Wildman–Crippen MR) is 131 cm³/mol. The van der Waals surface area contributed by atoms with E-state index in [2.05, 4.69) is 17.2 Å². The van der Waals surface area contributed by atoms with Crippen LogP contribution in [0.5, 0.6) is 0 Å². The first-order valence-electron chi connectivity index (χ1n) is 11.2.